The highest BCUT2D eigenvalue weighted by atomic mass is 32.1. The first-order chi connectivity index (χ1) is 12.8. The summed E-state index contributed by atoms with van der Waals surface area (Å²) in [6, 6.07) is 31.8. The lowest BCUT2D eigenvalue weighted by molar-refractivity contribution is 1.60. The van der Waals surface area contributed by atoms with Gasteiger partial charge in [0.25, 0.3) is 0 Å². The third-order valence-corrected chi connectivity index (χ3v) is 6.07. The predicted octanol–water partition coefficient (Wildman–Crippen LogP) is 6.97. The molecule has 4 aromatic carbocycles. The van der Waals surface area contributed by atoms with Gasteiger partial charge in [0, 0.05) is 37.0 Å². The van der Waals surface area contributed by atoms with Gasteiger partial charge in [0.15, 0.2) is 0 Å². The summed E-state index contributed by atoms with van der Waals surface area (Å²) in [7, 11) is 0. The Bertz CT molecular complexity index is 1240. The van der Waals surface area contributed by atoms with E-state index in [1.807, 2.05) is 17.4 Å². The van der Waals surface area contributed by atoms with Crippen LogP contribution in [0.25, 0.3) is 42.4 Å². The summed E-state index contributed by atoms with van der Waals surface area (Å²) in [4.78, 5) is 0. The molecule has 0 spiro atoms. The minimum Gasteiger partial charge on any atom is -0.398 e. The molecule has 2 N–H and O–H groups in total. The molecule has 5 aromatic rings. The van der Waals surface area contributed by atoms with Crippen LogP contribution in [0.15, 0.2) is 91.0 Å². The summed E-state index contributed by atoms with van der Waals surface area (Å²) in [5.74, 6) is 0. The lowest BCUT2D eigenvalue weighted by Gasteiger charge is -2.10. The van der Waals surface area contributed by atoms with E-state index >= 15 is 0 Å². The first-order valence-electron chi connectivity index (χ1n) is 8.67. The molecule has 1 nitrogen and oxygen atoms in total. The number of hydrogen-bond donors (Lipinski definition) is 1. The molecule has 1 heterocycles. The minimum absolute atomic E-state index is 0.816. The second kappa shape index (κ2) is 6.01. The highest BCUT2D eigenvalue weighted by molar-refractivity contribution is 7.26. The van der Waals surface area contributed by atoms with Crippen molar-refractivity contribution in [2.75, 3.05) is 5.73 Å². The van der Waals surface area contributed by atoms with Crippen LogP contribution in [-0.2, 0) is 0 Å². The largest absolute Gasteiger partial charge is 0.398 e. The lowest BCUT2D eigenvalue weighted by atomic mass is 9.97. The SMILES string of the molecule is Nc1cc(-c2ccccc2)ccc1-c1cccc2c1sc1ccccc12. The van der Waals surface area contributed by atoms with Crippen molar-refractivity contribution in [3.05, 3.63) is 91.0 Å². The molecule has 0 saturated heterocycles. The molecule has 1 aromatic heterocycles. The number of nitrogen functional groups attached to an aromatic ring is 1. The quantitative estimate of drug-likeness (QED) is 0.341. The van der Waals surface area contributed by atoms with Crippen LogP contribution in [0.3, 0.4) is 0 Å². The molecule has 0 unspecified atom stereocenters. The molecule has 0 atom stereocenters. The van der Waals surface area contributed by atoms with Crippen molar-refractivity contribution in [2.45, 2.75) is 0 Å². The van der Waals surface area contributed by atoms with E-state index in [1.165, 1.54) is 31.3 Å². The van der Waals surface area contributed by atoms with Crippen molar-refractivity contribution >= 4 is 37.2 Å². The van der Waals surface area contributed by atoms with Gasteiger partial charge in [-0.3, -0.25) is 0 Å². The maximum absolute atomic E-state index is 6.48. The summed E-state index contributed by atoms with van der Waals surface area (Å²) >= 11 is 1.84. The summed E-state index contributed by atoms with van der Waals surface area (Å²) in [5.41, 5.74) is 11.9. The van der Waals surface area contributed by atoms with Crippen molar-refractivity contribution in [3.63, 3.8) is 0 Å². The molecular weight excluding hydrogens is 334 g/mol. The average molecular weight is 351 g/mol. The van der Waals surface area contributed by atoms with Crippen LogP contribution in [0.1, 0.15) is 0 Å². The Morgan fingerprint density at radius 1 is 0.577 bits per heavy atom. The second-order valence-electron chi connectivity index (χ2n) is 6.45. The Kier molecular flexibility index (Phi) is 3.51. The van der Waals surface area contributed by atoms with Crippen LogP contribution >= 0.6 is 11.3 Å². The molecule has 5 rings (SSSR count). The van der Waals surface area contributed by atoms with Gasteiger partial charge >= 0.3 is 0 Å². The van der Waals surface area contributed by atoms with E-state index in [0.29, 0.717) is 0 Å². The number of nitrogens with two attached hydrogens (primary N) is 1. The number of anilines is 1. The Balaban J connectivity index is 1.71. The van der Waals surface area contributed by atoms with Crippen molar-refractivity contribution in [1.29, 1.82) is 0 Å². The third-order valence-electron chi connectivity index (χ3n) is 4.85. The maximum Gasteiger partial charge on any atom is 0.0434 e. The topological polar surface area (TPSA) is 26.0 Å². The van der Waals surface area contributed by atoms with Crippen LogP contribution in [0.2, 0.25) is 0 Å². The number of benzene rings is 4. The molecule has 124 valence electrons. The molecule has 0 aliphatic carbocycles. The van der Waals surface area contributed by atoms with Crippen molar-refractivity contribution in [1.82, 2.24) is 0 Å². The Hall–Kier alpha value is -3.10. The van der Waals surface area contributed by atoms with E-state index in [9.17, 15) is 0 Å². The zero-order chi connectivity index (χ0) is 17.5. The van der Waals surface area contributed by atoms with Gasteiger partial charge in [-0.05, 0) is 23.3 Å². The molecule has 0 radical (unpaired) electrons. The minimum atomic E-state index is 0.816. The fourth-order valence-electron chi connectivity index (χ4n) is 3.58. The average Bonchev–Trinajstić information content (AvgIpc) is 3.08. The molecule has 2 heteroatoms. The number of fused-ring (bicyclic) bond motifs is 3. The molecule has 0 bridgehead atoms. The molecule has 0 amide bonds. The van der Waals surface area contributed by atoms with E-state index < -0.39 is 0 Å². The molecule has 0 aliphatic heterocycles. The van der Waals surface area contributed by atoms with Gasteiger partial charge in [0.2, 0.25) is 0 Å². The van der Waals surface area contributed by atoms with E-state index in [1.54, 1.807) is 0 Å². The Morgan fingerprint density at radius 2 is 1.35 bits per heavy atom. The van der Waals surface area contributed by atoms with E-state index in [4.69, 9.17) is 5.73 Å². The van der Waals surface area contributed by atoms with E-state index in [0.717, 1.165) is 16.8 Å². The van der Waals surface area contributed by atoms with Gasteiger partial charge in [0.05, 0.1) is 0 Å². The number of thiophene rings is 1. The first kappa shape index (κ1) is 15.2. The van der Waals surface area contributed by atoms with Crippen LogP contribution in [0, 0.1) is 0 Å². The fraction of sp³-hybridized carbons (Fsp3) is 0. The Morgan fingerprint density at radius 3 is 2.19 bits per heavy atom. The van der Waals surface area contributed by atoms with Crippen molar-refractivity contribution in [3.8, 4) is 22.3 Å². The molecule has 0 aliphatic rings. The Labute approximate surface area is 156 Å². The maximum atomic E-state index is 6.48. The van der Waals surface area contributed by atoms with Gasteiger partial charge in [-0.15, -0.1) is 11.3 Å². The van der Waals surface area contributed by atoms with Crippen molar-refractivity contribution in [2.24, 2.45) is 0 Å². The van der Waals surface area contributed by atoms with Gasteiger partial charge < -0.3 is 5.73 Å². The van der Waals surface area contributed by atoms with E-state index in [2.05, 4.69) is 84.9 Å². The molecular formula is C24H17NS. The van der Waals surface area contributed by atoms with Crippen LogP contribution in [0.4, 0.5) is 5.69 Å². The number of hydrogen-bond acceptors (Lipinski definition) is 2. The normalized spacial score (nSPS) is 11.2. The second-order valence-corrected chi connectivity index (χ2v) is 7.50. The van der Waals surface area contributed by atoms with Crippen LogP contribution in [-0.4, -0.2) is 0 Å². The zero-order valence-electron chi connectivity index (χ0n) is 14.1. The highest BCUT2D eigenvalue weighted by Gasteiger charge is 2.12. The number of rotatable bonds is 2. The summed E-state index contributed by atoms with van der Waals surface area (Å²) in [6.07, 6.45) is 0. The van der Waals surface area contributed by atoms with Gasteiger partial charge in [-0.1, -0.05) is 78.9 Å². The fourth-order valence-corrected chi connectivity index (χ4v) is 4.81. The van der Waals surface area contributed by atoms with Gasteiger partial charge in [-0.25, -0.2) is 0 Å². The zero-order valence-corrected chi connectivity index (χ0v) is 15.0. The van der Waals surface area contributed by atoms with Gasteiger partial charge in [-0.2, -0.15) is 0 Å². The standard InChI is InChI=1S/C24H17NS/c25-22-15-17(16-7-2-1-3-8-16)13-14-18(22)20-10-6-11-21-19-9-4-5-12-23(19)26-24(20)21/h1-15H,25H2. The predicted molar refractivity (Wildman–Crippen MR) is 115 cm³/mol. The highest BCUT2D eigenvalue weighted by Crippen LogP contribution is 2.41. The summed E-state index contributed by atoms with van der Waals surface area (Å²) in [6.45, 7) is 0. The molecule has 0 fully saturated rings. The van der Waals surface area contributed by atoms with Crippen molar-refractivity contribution < 1.29 is 0 Å². The van der Waals surface area contributed by atoms with Crippen LogP contribution < -0.4 is 5.73 Å². The summed E-state index contributed by atoms with van der Waals surface area (Å²) in [5, 5.41) is 2.61. The molecule has 26 heavy (non-hydrogen) atoms. The van der Waals surface area contributed by atoms with Crippen LogP contribution in [0.5, 0.6) is 0 Å². The summed E-state index contributed by atoms with van der Waals surface area (Å²) < 4.78 is 2.61. The monoisotopic (exact) mass is 351 g/mol. The first-order valence-corrected chi connectivity index (χ1v) is 9.48. The third kappa shape index (κ3) is 2.39. The smallest absolute Gasteiger partial charge is 0.0434 e. The van der Waals surface area contributed by atoms with Gasteiger partial charge in [0.1, 0.15) is 0 Å². The van der Waals surface area contributed by atoms with E-state index in [-0.39, 0.29) is 0 Å². The lowest BCUT2D eigenvalue weighted by Crippen LogP contribution is -1.91. The molecule has 0 saturated carbocycles.